The molecule has 23 heavy (non-hydrogen) atoms. The fourth-order valence-electron chi connectivity index (χ4n) is 2.04. The normalized spacial score (nSPS) is 10.3. The first-order valence-electron chi connectivity index (χ1n) is 7.72. The highest BCUT2D eigenvalue weighted by molar-refractivity contribution is 5.90. The minimum Gasteiger partial charge on any atom is -0.422 e. The van der Waals surface area contributed by atoms with Gasteiger partial charge in [-0.25, -0.2) is 9.59 Å². The molecule has 0 aliphatic rings. The van der Waals surface area contributed by atoms with Crippen molar-refractivity contribution in [3.05, 3.63) is 71.8 Å². The third kappa shape index (κ3) is 5.25. The van der Waals surface area contributed by atoms with Crippen molar-refractivity contribution in [2.75, 3.05) is 0 Å². The Labute approximate surface area is 136 Å². The first-order valence-corrected chi connectivity index (χ1v) is 7.72. The Kier molecular flexibility index (Phi) is 6.36. The van der Waals surface area contributed by atoms with Crippen molar-refractivity contribution < 1.29 is 19.1 Å². The van der Waals surface area contributed by atoms with Gasteiger partial charge in [0.15, 0.2) is 0 Å². The maximum atomic E-state index is 12.1. The second-order valence-electron chi connectivity index (χ2n) is 5.11. The van der Waals surface area contributed by atoms with Gasteiger partial charge in [0.05, 0.1) is 11.1 Å². The molecule has 4 nitrogen and oxygen atoms in total. The third-order valence-corrected chi connectivity index (χ3v) is 3.29. The molecule has 2 aromatic rings. The number of esters is 2. The minimum atomic E-state index is -0.879. The van der Waals surface area contributed by atoms with Crippen LogP contribution in [0, 0.1) is 0 Å². The second kappa shape index (κ2) is 8.73. The zero-order valence-corrected chi connectivity index (χ0v) is 13.1. The Morgan fingerprint density at radius 3 is 1.65 bits per heavy atom. The van der Waals surface area contributed by atoms with Gasteiger partial charge in [-0.3, -0.25) is 0 Å². The fraction of sp³-hybridized carbons (Fsp3) is 0.263. The maximum absolute atomic E-state index is 12.1. The molecular weight excluding hydrogens is 292 g/mol. The number of benzene rings is 2. The topological polar surface area (TPSA) is 52.6 Å². The molecule has 0 radical (unpaired) electrons. The van der Waals surface area contributed by atoms with E-state index in [4.69, 9.17) is 9.47 Å². The van der Waals surface area contributed by atoms with Crippen molar-refractivity contribution in [3.8, 4) is 0 Å². The van der Waals surface area contributed by atoms with Gasteiger partial charge in [0.25, 0.3) is 0 Å². The number of ether oxygens (including phenoxy) is 2. The zero-order chi connectivity index (χ0) is 16.5. The predicted octanol–water partition coefficient (Wildman–Crippen LogP) is 4.22. The molecule has 0 aliphatic carbocycles. The van der Waals surface area contributed by atoms with Gasteiger partial charge < -0.3 is 9.47 Å². The first kappa shape index (κ1) is 16.7. The number of hydrogen-bond acceptors (Lipinski definition) is 4. The Bertz CT molecular complexity index is 569. The van der Waals surface area contributed by atoms with Crippen LogP contribution < -0.4 is 0 Å². The average Bonchev–Trinajstić information content (AvgIpc) is 2.61. The molecule has 0 amide bonds. The largest absolute Gasteiger partial charge is 0.422 e. The van der Waals surface area contributed by atoms with Crippen molar-refractivity contribution in [3.63, 3.8) is 0 Å². The molecule has 0 bridgehead atoms. The fourth-order valence-corrected chi connectivity index (χ4v) is 2.04. The quantitative estimate of drug-likeness (QED) is 0.567. The first-order chi connectivity index (χ1) is 11.2. The van der Waals surface area contributed by atoms with Gasteiger partial charge in [0.2, 0.25) is 6.29 Å². The summed E-state index contributed by atoms with van der Waals surface area (Å²) in [4.78, 5) is 24.2. The molecule has 0 heterocycles. The Morgan fingerprint density at radius 2 is 1.26 bits per heavy atom. The molecule has 0 N–H and O–H groups in total. The van der Waals surface area contributed by atoms with Crippen LogP contribution in [0.2, 0.25) is 0 Å². The van der Waals surface area contributed by atoms with E-state index in [1.54, 1.807) is 48.5 Å². The van der Waals surface area contributed by atoms with Crippen LogP contribution in [0.4, 0.5) is 0 Å². The summed E-state index contributed by atoms with van der Waals surface area (Å²) in [6.07, 6.45) is 1.32. The maximum Gasteiger partial charge on any atom is 0.341 e. The molecule has 2 rings (SSSR count). The van der Waals surface area contributed by atoms with Gasteiger partial charge in [-0.1, -0.05) is 49.7 Å². The van der Waals surface area contributed by atoms with E-state index in [9.17, 15) is 9.59 Å². The molecule has 4 heteroatoms. The van der Waals surface area contributed by atoms with E-state index in [2.05, 4.69) is 0 Å². The van der Waals surface area contributed by atoms with E-state index in [1.807, 2.05) is 19.1 Å². The summed E-state index contributed by atoms with van der Waals surface area (Å²) < 4.78 is 10.7. The van der Waals surface area contributed by atoms with Gasteiger partial charge in [-0.15, -0.1) is 0 Å². The number of hydrogen-bond donors (Lipinski definition) is 0. The zero-order valence-electron chi connectivity index (χ0n) is 13.1. The molecule has 0 aromatic heterocycles. The standard InChI is InChI=1S/C19H20O4/c1-2-3-14-17(22-18(20)15-10-6-4-7-11-15)23-19(21)16-12-8-5-9-13-16/h4-13,17H,2-3,14H2,1H3. The summed E-state index contributed by atoms with van der Waals surface area (Å²) in [5, 5.41) is 0. The van der Waals surface area contributed by atoms with E-state index in [-0.39, 0.29) is 0 Å². The van der Waals surface area contributed by atoms with E-state index >= 15 is 0 Å². The lowest BCUT2D eigenvalue weighted by molar-refractivity contribution is -0.0836. The van der Waals surface area contributed by atoms with Crippen molar-refractivity contribution in [1.29, 1.82) is 0 Å². The number of carbonyl (C=O) groups is 2. The lowest BCUT2D eigenvalue weighted by atomic mass is 10.2. The summed E-state index contributed by atoms with van der Waals surface area (Å²) in [7, 11) is 0. The van der Waals surface area contributed by atoms with Crippen molar-refractivity contribution in [1.82, 2.24) is 0 Å². The van der Waals surface area contributed by atoms with Gasteiger partial charge in [-0.2, -0.15) is 0 Å². The second-order valence-corrected chi connectivity index (χ2v) is 5.11. The van der Waals surface area contributed by atoms with Crippen molar-refractivity contribution >= 4 is 11.9 Å². The van der Waals surface area contributed by atoms with Crippen LogP contribution in [-0.2, 0) is 9.47 Å². The van der Waals surface area contributed by atoms with Crippen LogP contribution in [0.15, 0.2) is 60.7 Å². The monoisotopic (exact) mass is 312 g/mol. The number of rotatable bonds is 7. The van der Waals surface area contributed by atoms with E-state index in [0.29, 0.717) is 17.5 Å². The molecular formula is C19H20O4. The molecule has 0 saturated heterocycles. The minimum absolute atomic E-state index is 0.435. The number of carbonyl (C=O) groups excluding carboxylic acids is 2. The lowest BCUT2D eigenvalue weighted by Gasteiger charge is -2.18. The van der Waals surface area contributed by atoms with Gasteiger partial charge in [0.1, 0.15) is 0 Å². The van der Waals surface area contributed by atoms with Crippen LogP contribution in [-0.4, -0.2) is 18.2 Å². The van der Waals surface area contributed by atoms with Crippen LogP contribution in [0.3, 0.4) is 0 Å². The highest BCUT2D eigenvalue weighted by atomic mass is 16.7. The van der Waals surface area contributed by atoms with Crippen molar-refractivity contribution in [2.45, 2.75) is 32.5 Å². The van der Waals surface area contributed by atoms with Crippen LogP contribution in [0.5, 0.6) is 0 Å². The van der Waals surface area contributed by atoms with E-state index in [1.165, 1.54) is 0 Å². The highest BCUT2D eigenvalue weighted by Gasteiger charge is 2.20. The Morgan fingerprint density at radius 1 is 0.826 bits per heavy atom. The summed E-state index contributed by atoms with van der Waals surface area (Å²) in [6.45, 7) is 2.02. The Balaban J connectivity index is 2.02. The SMILES string of the molecule is CCCCC(OC(=O)c1ccccc1)OC(=O)c1ccccc1. The summed E-state index contributed by atoms with van der Waals surface area (Å²) >= 11 is 0. The smallest absolute Gasteiger partial charge is 0.341 e. The van der Waals surface area contributed by atoms with Gasteiger partial charge >= 0.3 is 11.9 Å². The summed E-state index contributed by atoms with van der Waals surface area (Å²) in [5.41, 5.74) is 0.870. The predicted molar refractivity (Wildman–Crippen MR) is 87.0 cm³/mol. The van der Waals surface area contributed by atoms with Crippen LogP contribution in [0.1, 0.15) is 46.9 Å². The van der Waals surface area contributed by atoms with E-state index < -0.39 is 18.2 Å². The molecule has 0 unspecified atom stereocenters. The molecule has 2 aromatic carbocycles. The highest BCUT2D eigenvalue weighted by Crippen LogP contribution is 2.13. The molecule has 0 saturated carbocycles. The van der Waals surface area contributed by atoms with Gasteiger partial charge in [0, 0.05) is 6.42 Å². The van der Waals surface area contributed by atoms with Gasteiger partial charge in [-0.05, 0) is 30.7 Å². The van der Waals surface area contributed by atoms with Crippen molar-refractivity contribution in [2.24, 2.45) is 0 Å². The van der Waals surface area contributed by atoms with Crippen LogP contribution in [0.25, 0.3) is 0 Å². The average molecular weight is 312 g/mol. The van der Waals surface area contributed by atoms with E-state index in [0.717, 1.165) is 12.8 Å². The number of unbranched alkanes of at least 4 members (excludes halogenated alkanes) is 1. The van der Waals surface area contributed by atoms with Crippen LogP contribution >= 0.6 is 0 Å². The molecule has 0 spiro atoms. The summed E-state index contributed by atoms with van der Waals surface area (Å²) in [6, 6.07) is 17.3. The third-order valence-electron chi connectivity index (χ3n) is 3.29. The molecule has 0 aliphatic heterocycles. The molecule has 0 atom stereocenters. The molecule has 120 valence electrons. The summed E-state index contributed by atoms with van der Waals surface area (Å²) in [5.74, 6) is -0.986. The lowest BCUT2D eigenvalue weighted by Crippen LogP contribution is -2.25. The Hall–Kier alpha value is -2.62. The molecule has 0 fully saturated rings.